The molecule has 1 aliphatic carbocycles. The Morgan fingerprint density at radius 2 is 2.17 bits per heavy atom. The second-order valence-electron chi connectivity index (χ2n) is 6.19. The summed E-state index contributed by atoms with van der Waals surface area (Å²) < 4.78 is 5.12. The Bertz CT molecular complexity index is 339. The summed E-state index contributed by atoms with van der Waals surface area (Å²) in [5, 5.41) is 0. The lowest BCUT2D eigenvalue weighted by Gasteiger charge is -2.41. The van der Waals surface area contributed by atoms with Gasteiger partial charge < -0.3 is 15.1 Å². The summed E-state index contributed by atoms with van der Waals surface area (Å²) in [7, 11) is 2.18. The van der Waals surface area contributed by atoms with Crippen LogP contribution in [0.1, 0.15) is 38.2 Å². The van der Waals surface area contributed by atoms with Crippen molar-refractivity contribution < 1.29 is 4.42 Å². The van der Waals surface area contributed by atoms with E-state index in [0.29, 0.717) is 5.41 Å². The van der Waals surface area contributed by atoms with Gasteiger partial charge >= 0.3 is 0 Å². The van der Waals surface area contributed by atoms with E-state index in [1.54, 1.807) is 6.26 Å². The van der Waals surface area contributed by atoms with Gasteiger partial charge in [-0.15, -0.1) is 0 Å². The lowest BCUT2D eigenvalue weighted by atomic mass is 9.70. The maximum atomic E-state index is 6.06. The van der Waals surface area contributed by atoms with Crippen LogP contribution in [0.4, 0.5) is 0 Å². The largest absolute Gasteiger partial charge is 0.472 e. The van der Waals surface area contributed by atoms with E-state index in [0.717, 1.165) is 25.6 Å². The average Bonchev–Trinajstić information content (AvgIpc) is 2.85. The van der Waals surface area contributed by atoms with E-state index in [-0.39, 0.29) is 0 Å². The molecule has 1 aromatic heterocycles. The Labute approximate surface area is 110 Å². The quantitative estimate of drug-likeness (QED) is 0.873. The molecule has 0 bridgehead atoms. The summed E-state index contributed by atoms with van der Waals surface area (Å²) in [6, 6.07) is 2.04. The minimum atomic E-state index is 0.338. The van der Waals surface area contributed by atoms with Crippen LogP contribution in [0.3, 0.4) is 0 Å². The molecule has 1 aromatic rings. The van der Waals surface area contributed by atoms with Crippen LogP contribution < -0.4 is 5.73 Å². The average molecular weight is 250 g/mol. The van der Waals surface area contributed by atoms with E-state index >= 15 is 0 Å². The van der Waals surface area contributed by atoms with Crippen LogP contribution in [0.25, 0.3) is 0 Å². The molecule has 2 rings (SSSR count). The van der Waals surface area contributed by atoms with Crippen molar-refractivity contribution in [2.75, 3.05) is 20.1 Å². The Morgan fingerprint density at radius 3 is 2.72 bits per heavy atom. The van der Waals surface area contributed by atoms with Gasteiger partial charge in [0, 0.05) is 18.7 Å². The minimum absolute atomic E-state index is 0.338. The Morgan fingerprint density at radius 1 is 1.44 bits per heavy atom. The van der Waals surface area contributed by atoms with Crippen molar-refractivity contribution in [2.45, 2.75) is 39.2 Å². The van der Waals surface area contributed by atoms with Crippen LogP contribution in [0.2, 0.25) is 0 Å². The van der Waals surface area contributed by atoms with E-state index in [1.807, 2.05) is 12.3 Å². The second kappa shape index (κ2) is 5.89. The van der Waals surface area contributed by atoms with Gasteiger partial charge in [0.1, 0.15) is 0 Å². The standard InChI is InChI=1S/C15H26N2O/c1-13-3-6-15(11-16,7-4-13)12-17(2)9-14-5-8-18-10-14/h5,8,10,13H,3-4,6-7,9,11-12,16H2,1-2H3. The molecule has 0 amide bonds. The third kappa shape index (κ3) is 3.36. The fourth-order valence-electron chi connectivity index (χ4n) is 3.12. The van der Waals surface area contributed by atoms with Crippen LogP contribution in [-0.4, -0.2) is 25.0 Å². The van der Waals surface area contributed by atoms with Gasteiger partial charge in [0.15, 0.2) is 0 Å². The first-order valence-electron chi connectivity index (χ1n) is 7.03. The van der Waals surface area contributed by atoms with E-state index in [4.69, 9.17) is 10.2 Å². The van der Waals surface area contributed by atoms with Crippen LogP contribution >= 0.6 is 0 Å². The topological polar surface area (TPSA) is 42.4 Å². The summed E-state index contributed by atoms with van der Waals surface area (Å²) in [5.74, 6) is 0.879. The van der Waals surface area contributed by atoms with Crippen molar-refractivity contribution in [3.8, 4) is 0 Å². The highest BCUT2D eigenvalue weighted by Gasteiger charge is 2.33. The minimum Gasteiger partial charge on any atom is -0.472 e. The highest BCUT2D eigenvalue weighted by atomic mass is 16.3. The van der Waals surface area contributed by atoms with Gasteiger partial charge in [0.05, 0.1) is 12.5 Å². The van der Waals surface area contributed by atoms with Crippen molar-refractivity contribution in [2.24, 2.45) is 17.1 Å². The normalized spacial score (nSPS) is 28.8. The van der Waals surface area contributed by atoms with Crippen LogP contribution in [-0.2, 0) is 6.54 Å². The molecule has 1 aliphatic rings. The molecule has 0 atom stereocenters. The molecule has 1 heterocycles. The summed E-state index contributed by atoms with van der Waals surface area (Å²) in [4.78, 5) is 2.38. The van der Waals surface area contributed by atoms with Gasteiger partial charge in [-0.25, -0.2) is 0 Å². The SMILES string of the molecule is CC1CCC(CN)(CN(C)Cc2ccoc2)CC1. The highest BCUT2D eigenvalue weighted by molar-refractivity contribution is 5.05. The van der Waals surface area contributed by atoms with Gasteiger partial charge in [-0.1, -0.05) is 19.8 Å². The summed E-state index contributed by atoms with van der Waals surface area (Å²) in [6.07, 6.45) is 8.78. The van der Waals surface area contributed by atoms with E-state index in [9.17, 15) is 0 Å². The molecule has 0 aromatic carbocycles. The number of hydrogen-bond donors (Lipinski definition) is 1. The number of nitrogens with two attached hydrogens (primary N) is 1. The smallest absolute Gasteiger partial charge is 0.0947 e. The molecule has 0 spiro atoms. The van der Waals surface area contributed by atoms with Gasteiger partial charge in [0.2, 0.25) is 0 Å². The number of nitrogens with zero attached hydrogens (tertiary/aromatic N) is 1. The Hall–Kier alpha value is -0.800. The predicted octanol–water partition coefficient (Wildman–Crippen LogP) is 2.87. The molecule has 0 saturated heterocycles. The van der Waals surface area contributed by atoms with Crippen molar-refractivity contribution >= 4 is 0 Å². The molecule has 3 heteroatoms. The molecule has 2 N–H and O–H groups in total. The molecule has 1 saturated carbocycles. The zero-order valence-corrected chi connectivity index (χ0v) is 11.7. The van der Waals surface area contributed by atoms with Crippen molar-refractivity contribution in [3.05, 3.63) is 24.2 Å². The molecule has 0 unspecified atom stereocenters. The Balaban J connectivity index is 1.89. The molecular formula is C15H26N2O. The summed E-state index contributed by atoms with van der Waals surface area (Å²) in [6.45, 7) is 5.22. The maximum Gasteiger partial charge on any atom is 0.0947 e. The van der Waals surface area contributed by atoms with Crippen molar-refractivity contribution in [1.82, 2.24) is 4.90 Å². The first-order valence-corrected chi connectivity index (χ1v) is 7.03. The molecular weight excluding hydrogens is 224 g/mol. The third-order valence-corrected chi connectivity index (χ3v) is 4.41. The lowest BCUT2D eigenvalue weighted by molar-refractivity contribution is 0.105. The number of rotatable bonds is 5. The third-order valence-electron chi connectivity index (χ3n) is 4.41. The van der Waals surface area contributed by atoms with E-state index < -0.39 is 0 Å². The molecule has 1 fully saturated rings. The molecule has 18 heavy (non-hydrogen) atoms. The van der Waals surface area contributed by atoms with E-state index in [1.165, 1.54) is 31.2 Å². The van der Waals surface area contributed by atoms with Gasteiger partial charge in [-0.2, -0.15) is 0 Å². The molecule has 102 valence electrons. The Kier molecular flexibility index (Phi) is 4.46. The lowest BCUT2D eigenvalue weighted by Crippen LogP contribution is -2.43. The zero-order valence-electron chi connectivity index (χ0n) is 11.7. The molecule has 0 aliphatic heterocycles. The predicted molar refractivity (Wildman–Crippen MR) is 74.2 cm³/mol. The van der Waals surface area contributed by atoms with Crippen molar-refractivity contribution in [3.63, 3.8) is 0 Å². The van der Waals surface area contributed by atoms with Gasteiger partial charge in [-0.05, 0) is 43.8 Å². The van der Waals surface area contributed by atoms with Crippen LogP contribution in [0.15, 0.2) is 23.0 Å². The molecule has 0 radical (unpaired) electrons. The fourth-order valence-corrected chi connectivity index (χ4v) is 3.12. The number of hydrogen-bond acceptors (Lipinski definition) is 3. The maximum absolute atomic E-state index is 6.06. The first kappa shape index (κ1) is 13.6. The molecule has 3 nitrogen and oxygen atoms in total. The van der Waals surface area contributed by atoms with Gasteiger partial charge in [0.25, 0.3) is 0 Å². The highest BCUT2D eigenvalue weighted by Crippen LogP contribution is 2.38. The van der Waals surface area contributed by atoms with Crippen molar-refractivity contribution in [1.29, 1.82) is 0 Å². The van der Waals surface area contributed by atoms with Crippen LogP contribution in [0.5, 0.6) is 0 Å². The van der Waals surface area contributed by atoms with Gasteiger partial charge in [-0.3, -0.25) is 0 Å². The fraction of sp³-hybridized carbons (Fsp3) is 0.733. The monoisotopic (exact) mass is 250 g/mol. The first-order chi connectivity index (χ1) is 8.63. The van der Waals surface area contributed by atoms with Crippen LogP contribution in [0, 0.1) is 11.3 Å². The summed E-state index contributed by atoms with van der Waals surface area (Å²) in [5.41, 5.74) is 7.64. The second-order valence-corrected chi connectivity index (χ2v) is 6.19. The number of furan rings is 1. The van der Waals surface area contributed by atoms with E-state index in [2.05, 4.69) is 18.9 Å². The summed E-state index contributed by atoms with van der Waals surface area (Å²) >= 11 is 0. The zero-order chi connectivity index (χ0) is 13.0.